The lowest BCUT2D eigenvalue weighted by Gasteiger charge is -2.12. The largest absolute Gasteiger partial charge is 0.505 e. The number of hydrogen-bond acceptors (Lipinski definition) is 7. The van der Waals surface area contributed by atoms with Gasteiger partial charge in [-0.05, 0) is 47.7 Å². The van der Waals surface area contributed by atoms with E-state index >= 15 is 0 Å². The number of nitrogens with one attached hydrogen (secondary N) is 1. The molecule has 0 atom stereocenters. The third kappa shape index (κ3) is 5.73. The van der Waals surface area contributed by atoms with Crippen LogP contribution >= 0.6 is 23.2 Å². The van der Waals surface area contributed by atoms with Crippen LogP contribution in [0.25, 0.3) is 10.8 Å². The molecule has 1 amide bonds. The normalized spacial score (nSPS) is 11.7. The summed E-state index contributed by atoms with van der Waals surface area (Å²) in [5.41, 5.74) is 0.482. The van der Waals surface area contributed by atoms with Crippen LogP contribution in [0, 0.1) is 0 Å². The molecule has 3 N–H and O–H groups in total. The number of hydrogen-bond donors (Lipinski definition) is 3. The Kier molecular flexibility index (Phi) is 7.89. The van der Waals surface area contributed by atoms with Gasteiger partial charge in [0.15, 0.2) is 5.75 Å². The van der Waals surface area contributed by atoms with E-state index in [9.17, 15) is 22.9 Å². The molecule has 0 saturated heterocycles. The molecule has 0 spiro atoms. The molecule has 0 bridgehead atoms. The van der Waals surface area contributed by atoms with Gasteiger partial charge in [0.2, 0.25) is 0 Å². The number of azo groups is 1. The number of benzene rings is 4. The molecule has 12 heteroatoms. The number of ether oxygens (including phenoxy) is 1. The molecule has 0 aromatic heterocycles. The number of halogens is 2. The molecule has 0 aliphatic heterocycles. The number of rotatable bonds is 7. The topological polar surface area (TPSA) is 138 Å². The number of carbonyl (C=O) groups excluding carboxylic acids is 1. The van der Waals surface area contributed by atoms with Crippen molar-refractivity contribution in [3.63, 3.8) is 0 Å². The Balaban J connectivity index is 1.80. The number of carbonyl (C=O) groups is 1. The van der Waals surface area contributed by atoms with E-state index < -0.39 is 21.8 Å². The summed E-state index contributed by atoms with van der Waals surface area (Å²) >= 11 is 12.3. The number of methoxy groups -OCH3 is 1. The Labute approximate surface area is 228 Å². The first-order valence-electron chi connectivity index (χ1n) is 11.1. The molecule has 0 radical (unpaired) electrons. The van der Waals surface area contributed by atoms with Crippen LogP contribution in [0.1, 0.15) is 22.8 Å². The summed E-state index contributed by atoms with van der Waals surface area (Å²) in [6.45, 7) is 1.69. The van der Waals surface area contributed by atoms with Gasteiger partial charge < -0.3 is 15.2 Å². The van der Waals surface area contributed by atoms with Crippen molar-refractivity contribution in [2.45, 2.75) is 18.2 Å². The number of fused-ring (bicyclic) bond motifs is 1. The van der Waals surface area contributed by atoms with Crippen molar-refractivity contribution in [2.24, 2.45) is 10.2 Å². The molecule has 4 aromatic rings. The molecular weight excluding hydrogens is 553 g/mol. The first-order valence-corrected chi connectivity index (χ1v) is 13.3. The number of phenolic OH excluding ortho intramolecular Hbond substituents is 1. The van der Waals surface area contributed by atoms with Crippen LogP contribution in [-0.4, -0.2) is 31.1 Å². The second-order valence-corrected chi connectivity index (χ2v) is 10.3. The minimum absolute atomic E-state index is 0.0178. The van der Waals surface area contributed by atoms with Gasteiger partial charge in [-0.25, -0.2) is 0 Å². The Morgan fingerprint density at radius 1 is 1.05 bits per heavy atom. The van der Waals surface area contributed by atoms with Crippen molar-refractivity contribution >= 4 is 67.1 Å². The second-order valence-electron chi connectivity index (χ2n) is 8.11. The van der Waals surface area contributed by atoms with Gasteiger partial charge in [-0.3, -0.25) is 9.35 Å². The highest BCUT2D eigenvalue weighted by atomic mass is 35.5. The van der Waals surface area contributed by atoms with E-state index in [1.54, 1.807) is 43.3 Å². The first-order chi connectivity index (χ1) is 18.0. The highest BCUT2D eigenvalue weighted by molar-refractivity contribution is 7.85. The molecule has 4 rings (SSSR count). The minimum Gasteiger partial charge on any atom is -0.505 e. The van der Waals surface area contributed by atoms with Crippen LogP contribution in [0.4, 0.5) is 17.1 Å². The fraction of sp³-hybridized carbons (Fsp3) is 0.115. The molecule has 196 valence electrons. The Morgan fingerprint density at radius 3 is 2.47 bits per heavy atom. The summed E-state index contributed by atoms with van der Waals surface area (Å²) in [5.74, 6) is -0.662. The molecule has 0 heterocycles. The highest BCUT2D eigenvalue weighted by Gasteiger charge is 2.21. The average Bonchev–Trinajstić information content (AvgIpc) is 2.86. The Morgan fingerprint density at radius 2 is 1.79 bits per heavy atom. The van der Waals surface area contributed by atoms with Gasteiger partial charge >= 0.3 is 0 Å². The maximum absolute atomic E-state index is 13.1. The first kappa shape index (κ1) is 27.3. The van der Waals surface area contributed by atoms with Gasteiger partial charge in [-0.15, -0.1) is 5.11 Å². The lowest BCUT2D eigenvalue weighted by Crippen LogP contribution is -2.12. The highest BCUT2D eigenvalue weighted by Crippen LogP contribution is 2.40. The third-order valence-electron chi connectivity index (χ3n) is 5.64. The standard InChI is InChI=1S/C26H21Cl2N3O6S/c1-3-19-22(28)12-17(13-23(19)38(34,35)36)30-31-24-20-7-5-4-6-14(20)8-21(25(24)32)26(33)29-16-9-15(27)10-18(11-16)37-2/h4-13,32H,3H2,1-2H3,(H,29,33)(H,34,35,36). The lowest BCUT2D eigenvalue weighted by atomic mass is 10.0. The number of amides is 1. The summed E-state index contributed by atoms with van der Waals surface area (Å²) < 4.78 is 38.6. The molecule has 0 unspecified atom stereocenters. The van der Waals surface area contributed by atoms with Crippen molar-refractivity contribution in [1.82, 2.24) is 0 Å². The fourth-order valence-corrected chi connectivity index (χ4v) is 5.34. The van der Waals surface area contributed by atoms with Crippen LogP contribution in [0.15, 0.2) is 75.8 Å². The average molecular weight is 574 g/mol. The van der Waals surface area contributed by atoms with Crippen molar-refractivity contribution < 1.29 is 27.6 Å². The van der Waals surface area contributed by atoms with Crippen LogP contribution in [0.3, 0.4) is 0 Å². The van der Waals surface area contributed by atoms with Gasteiger partial charge in [0, 0.05) is 27.2 Å². The quantitative estimate of drug-likeness (QED) is 0.156. The molecule has 0 aliphatic rings. The molecule has 0 saturated carbocycles. The summed E-state index contributed by atoms with van der Waals surface area (Å²) in [6, 6.07) is 15.6. The van der Waals surface area contributed by atoms with Crippen LogP contribution in [-0.2, 0) is 16.5 Å². The monoisotopic (exact) mass is 573 g/mol. The summed E-state index contributed by atoms with van der Waals surface area (Å²) in [5, 5.41) is 23.4. The smallest absolute Gasteiger partial charge is 0.294 e. The number of aromatic hydroxyl groups is 1. The summed E-state index contributed by atoms with van der Waals surface area (Å²) in [7, 11) is -3.12. The van der Waals surface area contributed by atoms with Crippen LogP contribution in [0.5, 0.6) is 11.5 Å². The van der Waals surface area contributed by atoms with Gasteiger partial charge in [0.1, 0.15) is 16.3 Å². The van der Waals surface area contributed by atoms with Crippen LogP contribution < -0.4 is 10.1 Å². The molecule has 4 aromatic carbocycles. The number of anilines is 1. The van der Waals surface area contributed by atoms with Crippen molar-refractivity contribution in [3.05, 3.63) is 81.8 Å². The van der Waals surface area contributed by atoms with E-state index in [0.29, 0.717) is 27.2 Å². The zero-order valence-electron chi connectivity index (χ0n) is 20.1. The third-order valence-corrected chi connectivity index (χ3v) is 7.12. The van der Waals surface area contributed by atoms with Crippen molar-refractivity contribution in [3.8, 4) is 11.5 Å². The molecule has 0 aliphatic carbocycles. The SMILES string of the molecule is CCc1c(Cl)cc(N=Nc2c(O)c(C(=O)Nc3cc(Cl)cc(OC)c3)cc3ccccc23)cc1S(=O)(=O)O. The van der Waals surface area contributed by atoms with Gasteiger partial charge in [-0.2, -0.15) is 13.5 Å². The zero-order chi connectivity index (χ0) is 27.6. The van der Waals surface area contributed by atoms with E-state index in [1.165, 1.54) is 25.3 Å². The predicted molar refractivity (Wildman–Crippen MR) is 146 cm³/mol. The maximum atomic E-state index is 13.1. The molecular formula is C26H21Cl2N3O6S. The number of nitrogens with zero attached hydrogens (tertiary/aromatic N) is 2. The van der Waals surface area contributed by atoms with Gasteiger partial charge in [0.25, 0.3) is 16.0 Å². The van der Waals surface area contributed by atoms with E-state index in [1.807, 2.05) is 0 Å². The maximum Gasteiger partial charge on any atom is 0.294 e. The van der Waals surface area contributed by atoms with Gasteiger partial charge in [-0.1, -0.05) is 54.4 Å². The molecule has 9 nitrogen and oxygen atoms in total. The van der Waals surface area contributed by atoms with E-state index in [0.717, 1.165) is 6.07 Å². The number of phenols is 1. The minimum atomic E-state index is -4.58. The Hall–Kier alpha value is -3.70. The summed E-state index contributed by atoms with van der Waals surface area (Å²) in [4.78, 5) is 12.8. The molecule has 38 heavy (non-hydrogen) atoms. The van der Waals surface area contributed by atoms with E-state index in [2.05, 4.69) is 15.5 Å². The summed E-state index contributed by atoms with van der Waals surface area (Å²) in [6.07, 6.45) is 0.256. The molecule has 0 fully saturated rings. The van der Waals surface area contributed by atoms with Crippen molar-refractivity contribution in [2.75, 3.05) is 12.4 Å². The Bertz CT molecular complexity index is 1710. The van der Waals surface area contributed by atoms with Crippen LogP contribution in [0.2, 0.25) is 10.0 Å². The van der Waals surface area contributed by atoms with E-state index in [-0.39, 0.29) is 38.8 Å². The van der Waals surface area contributed by atoms with Gasteiger partial charge in [0.05, 0.1) is 18.4 Å². The van der Waals surface area contributed by atoms with E-state index in [4.69, 9.17) is 27.9 Å². The fourth-order valence-electron chi connectivity index (χ4n) is 3.88. The zero-order valence-corrected chi connectivity index (χ0v) is 22.4. The second kappa shape index (κ2) is 11.0. The predicted octanol–water partition coefficient (Wildman–Crippen LogP) is 7.34. The van der Waals surface area contributed by atoms with Crippen molar-refractivity contribution in [1.29, 1.82) is 0 Å². The lowest BCUT2D eigenvalue weighted by molar-refractivity contribution is 0.102.